The van der Waals surface area contributed by atoms with E-state index < -0.39 is 6.10 Å². The highest BCUT2D eigenvalue weighted by Gasteiger charge is 2.33. The van der Waals surface area contributed by atoms with Crippen LogP contribution >= 0.6 is 15.9 Å². The number of anilines is 1. The first kappa shape index (κ1) is 23.8. The van der Waals surface area contributed by atoms with Crippen LogP contribution in [0, 0.1) is 0 Å². The Morgan fingerprint density at radius 2 is 1.78 bits per heavy atom. The second-order valence-electron chi connectivity index (χ2n) is 8.57. The van der Waals surface area contributed by atoms with Crippen LogP contribution in [0.4, 0.5) is 5.69 Å². The summed E-state index contributed by atoms with van der Waals surface area (Å²) in [5.74, 6) is 0.00611. The molecule has 1 aliphatic heterocycles. The van der Waals surface area contributed by atoms with Crippen LogP contribution in [0.25, 0.3) is 10.9 Å². The van der Waals surface area contributed by atoms with Gasteiger partial charge in [0.2, 0.25) is 5.91 Å². The summed E-state index contributed by atoms with van der Waals surface area (Å²) >= 11 is 3.40. The van der Waals surface area contributed by atoms with E-state index in [2.05, 4.69) is 21.2 Å². The van der Waals surface area contributed by atoms with E-state index in [0.29, 0.717) is 35.3 Å². The molecule has 0 saturated heterocycles. The molecule has 2 heterocycles. The van der Waals surface area contributed by atoms with Gasteiger partial charge < -0.3 is 19.5 Å². The van der Waals surface area contributed by atoms with Gasteiger partial charge in [0.25, 0.3) is 5.91 Å². The molecule has 3 aromatic carbocycles. The smallest absolute Gasteiger partial charge is 0.262 e. The third-order valence-corrected chi connectivity index (χ3v) is 6.66. The standard InChI is InChI=1S/C28H24BrN3O4/c29-20-10-11-22-21(16-20)24(33)13-15-31(22)18-27(34)32-17-26(36-25-9-5-4-8-23(25)32)28(35)30-14-12-19-6-2-1-3-7-19/h1-11,13,15-16,26H,12,14,17-18H2,(H,30,35)/t26-/m0/s1. The maximum absolute atomic E-state index is 13.5. The van der Waals surface area contributed by atoms with E-state index in [4.69, 9.17) is 4.74 Å². The second kappa shape index (κ2) is 10.4. The van der Waals surface area contributed by atoms with E-state index in [1.165, 1.54) is 6.07 Å². The number of fused-ring (bicyclic) bond motifs is 2. The van der Waals surface area contributed by atoms with Gasteiger partial charge in [-0.15, -0.1) is 0 Å². The van der Waals surface area contributed by atoms with Crippen LogP contribution in [-0.4, -0.2) is 35.6 Å². The minimum atomic E-state index is -0.832. The van der Waals surface area contributed by atoms with Crippen molar-refractivity contribution in [1.82, 2.24) is 9.88 Å². The zero-order valence-electron chi connectivity index (χ0n) is 19.4. The van der Waals surface area contributed by atoms with Gasteiger partial charge in [0.15, 0.2) is 11.5 Å². The molecule has 4 aromatic rings. The van der Waals surface area contributed by atoms with Crippen LogP contribution in [0.5, 0.6) is 5.75 Å². The average molecular weight is 546 g/mol. The van der Waals surface area contributed by atoms with Crippen molar-refractivity contribution in [3.8, 4) is 5.75 Å². The molecule has 1 N–H and O–H groups in total. The molecule has 0 saturated carbocycles. The van der Waals surface area contributed by atoms with E-state index in [9.17, 15) is 14.4 Å². The molecule has 5 rings (SSSR count). The number of ether oxygens (including phenoxy) is 1. The number of carbonyl (C=O) groups is 2. The maximum Gasteiger partial charge on any atom is 0.262 e. The van der Waals surface area contributed by atoms with Crippen molar-refractivity contribution < 1.29 is 14.3 Å². The van der Waals surface area contributed by atoms with Crippen molar-refractivity contribution in [1.29, 1.82) is 0 Å². The molecular formula is C28H24BrN3O4. The van der Waals surface area contributed by atoms with Gasteiger partial charge in [0.05, 0.1) is 17.7 Å². The molecule has 7 nitrogen and oxygen atoms in total. The first-order valence-electron chi connectivity index (χ1n) is 11.7. The van der Waals surface area contributed by atoms with Crippen LogP contribution < -0.4 is 20.4 Å². The van der Waals surface area contributed by atoms with E-state index in [1.807, 2.05) is 54.6 Å². The van der Waals surface area contributed by atoms with Gasteiger partial charge in [-0.2, -0.15) is 0 Å². The molecular weight excluding hydrogens is 522 g/mol. The van der Waals surface area contributed by atoms with Crippen LogP contribution in [-0.2, 0) is 22.6 Å². The molecule has 1 aliphatic rings. The molecule has 0 bridgehead atoms. The predicted octanol–water partition coefficient (Wildman–Crippen LogP) is 3.92. The Labute approximate surface area is 216 Å². The maximum atomic E-state index is 13.5. The summed E-state index contributed by atoms with van der Waals surface area (Å²) in [7, 11) is 0. The lowest BCUT2D eigenvalue weighted by Gasteiger charge is -2.34. The summed E-state index contributed by atoms with van der Waals surface area (Å²) in [6.45, 7) is 0.572. The molecule has 8 heteroatoms. The lowest BCUT2D eigenvalue weighted by molar-refractivity contribution is -0.128. The number of pyridine rings is 1. The van der Waals surface area contributed by atoms with Crippen molar-refractivity contribution >= 4 is 44.3 Å². The topological polar surface area (TPSA) is 80.6 Å². The molecule has 2 amide bonds. The van der Waals surface area contributed by atoms with E-state index >= 15 is 0 Å². The number of halogens is 1. The van der Waals surface area contributed by atoms with Crippen molar-refractivity contribution in [2.45, 2.75) is 19.1 Å². The van der Waals surface area contributed by atoms with Crippen molar-refractivity contribution in [3.05, 3.63) is 105 Å². The van der Waals surface area contributed by atoms with Gasteiger partial charge >= 0.3 is 0 Å². The summed E-state index contributed by atoms with van der Waals surface area (Å²) in [5, 5.41) is 3.46. The fourth-order valence-corrected chi connectivity index (χ4v) is 4.71. The molecule has 36 heavy (non-hydrogen) atoms. The highest BCUT2D eigenvalue weighted by molar-refractivity contribution is 9.10. The van der Waals surface area contributed by atoms with Gasteiger partial charge in [-0.05, 0) is 42.3 Å². The minimum absolute atomic E-state index is 0.00902. The summed E-state index contributed by atoms with van der Waals surface area (Å²) in [6.07, 6.45) is 1.49. The van der Waals surface area contributed by atoms with E-state index in [0.717, 1.165) is 10.0 Å². The second-order valence-corrected chi connectivity index (χ2v) is 9.49. The molecule has 0 unspecified atom stereocenters. The molecule has 1 aromatic heterocycles. The molecule has 182 valence electrons. The number of nitrogens with one attached hydrogen (secondary N) is 1. The highest BCUT2D eigenvalue weighted by atomic mass is 79.9. The highest BCUT2D eigenvalue weighted by Crippen LogP contribution is 2.33. The molecule has 0 radical (unpaired) electrons. The Morgan fingerprint density at radius 1 is 1.00 bits per heavy atom. The minimum Gasteiger partial charge on any atom is -0.477 e. The number of hydrogen-bond acceptors (Lipinski definition) is 4. The Kier molecular flexibility index (Phi) is 6.86. The Hall–Kier alpha value is -3.91. The van der Waals surface area contributed by atoms with Crippen molar-refractivity contribution in [2.75, 3.05) is 18.0 Å². The number of hydrogen-bond donors (Lipinski definition) is 1. The SMILES string of the molecule is O=C(NCCc1ccccc1)[C@@H]1CN(C(=O)Cn2ccc(=O)c3cc(Br)ccc32)c2ccccc2O1. The third-order valence-electron chi connectivity index (χ3n) is 6.17. The summed E-state index contributed by atoms with van der Waals surface area (Å²) in [5.41, 5.74) is 2.29. The quantitative estimate of drug-likeness (QED) is 0.398. The zero-order chi connectivity index (χ0) is 25.1. The van der Waals surface area contributed by atoms with Gasteiger partial charge in [0.1, 0.15) is 12.3 Å². The third kappa shape index (κ3) is 5.04. The zero-order valence-corrected chi connectivity index (χ0v) is 21.0. The number of carbonyl (C=O) groups excluding carboxylic acids is 2. The van der Waals surface area contributed by atoms with E-state index in [1.54, 1.807) is 33.9 Å². The number of aromatic nitrogens is 1. The number of amides is 2. The van der Waals surface area contributed by atoms with Crippen LogP contribution in [0.2, 0.25) is 0 Å². The van der Waals surface area contributed by atoms with Crippen molar-refractivity contribution in [3.63, 3.8) is 0 Å². The van der Waals surface area contributed by atoms with Crippen LogP contribution in [0.15, 0.2) is 94.3 Å². The number of rotatable bonds is 6. The lowest BCUT2D eigenvalue weighted by atomic mass is 10.1. The first-order valence-corrected chi connectivity index (χ1v) is 12.5. The normalized spacial score (nSPS) is 14.7. The summed E-state index contributed by atoms with van der Waals surface area (Å²) in [4.78, 5) is 40.4. The predicted molar refractivity (Wildman–Crippen MR) is 142 cm³/mol. The van der Waals surface area contributed by atoms with Crippen molar-refractivity contribution in [2.24, 2.45) is 0 Å². The fraction of sp³-hybridized carbons (Fsp3) is 0.179. The number of nitrogens with zero attached hydrogens (tertiary/aromatic N) is 2. The lowest BCUT2D eigenvalue weighted by Crippen LogP contribution is -2.51. The Morgan fingerprint density at radius 3 is 2.61 bits per heavy atom. The fourth-order valence-electron chi connectivity index (χ4n) is 4.35. The van der Waals surface area contributed by atoms with Gasteiger partial charge in [0, 0.05) is 28.7 Å². The summed E-state index contributed by atoms with van der Waals surface area (Å²) in [6, 6.07) is 24.0. The molecule has 1 atom stereocenters. The van der Waals surface area contributed by atoms with Gasteiger partial charge in [-0.25, -0.2) is 0 Å². The van der Waals surface area contributed by atoms with Crippen LogP contribution in [0.3, 0.4) is 0 Å². The van der Waals surface area contributed by atoms with Gasteiger partial charge in [-0.1, -0.05) is 58.4 Å². The Bertz CT molecular complexity index is 1490. The monoisotopic (exact) mass is 545 g/mol. The largest absolute Gasteiger partial charge is 0.477 e. The average Bonchev–Trinajstić information content (AvgIpc) is 2.90. The Balaban J connectivity index is 1.34. The van der Waals surface area contributed by atoms with E-state index in [-0.39, 0.29) is 30.3 Å². The number of benzene rings is 3. The molecule has 0 fully saturated rings. The van der Waals surface area contributed by atoms with Crippen LogP contribution in [0.1, 0.15) is 5.56 Å². The number of para-hydroxylation sites is 2. The first-order chi connectivity index (χ1) is 17.5. The van der Waals surface area contributed by atoms with Gasteiger partial charge in [-0.3, -0.25) is 14.4 Å². The molecule has 0 aliphatic carbocycles. The molecule has 0 spiro atoms. The summed E-state index contributed by atoms with van der Waals surface area (Å²) < 4.78 is 8.51.